The third-order valence-corrected chi connectivity index (χ3v) is 3.05. The first-order valence-electron chi connectivity index (χ1n) is 5.07. The van der Waals surface area contributed by atoms with Crippen molar-refractivity contribution in [2.75, 3.05) is 13.1 Å². The molecule has 1 aliphatic heterocycles. The summed E-state index contributed by atoms with van der Waals surface area (Å²) >= 11 is 5.43. The predicted molar refractivity (Wildman–Crippen MR) is 61.4 cm³/mol. The van der Waals surface area contributed by atoms with Crippen molar-refractivity contribution in [2.24, 2.45) is 0 Å². The maximum absolute atomic E-state index is 5.43. The molecule has 0 spiro atoms. The van der Waals surface area contributed by atoms with Gasteiger partial charge in [-0.2, -0.15) is 0 Å². The highest BCUT2D eigenvalue weighted by Crippen LogP contribution is 2.13. The molecule has 0 saturated carbocycles. The summed E-state index contributed by atoms with van der Waals surface area (Å²) in [6.07, 6.45) is 7.49. The van der Waals surface area contributed by atoms with Gasteiger partial charge >= 0.3 is 0 Å². The van der Waals surface area contributed by atoms with Gasteiger partial charge in [0.1, 0.15) is 4.99 Å². The number of hydrogen-bond acceptors (Lipinski definition) is 2. The van der Waals surface area contributed by atoms with E-state index < -0.39 is 0 Å². The van der Waals surface area contributed by atoms with Gasteiger partial charge in [0.2, 0.25) is 0 Å². The zero-order valence-corrected chi connectivity index (χ0v) is 8.96. The summed E-state index contributed by atoms with van der Waals surface area (Å²) in [7, 11) is 0. The highest BCUT2D eigenvalue weighted by atomic mass is 32.1. The third kappa shape index (κ3) is 2.10. The lowest BCUT2D eigenvalue weighted by atomic mass is 10.1. The molecule has 0 bridgehead atoms. The second kappa shape index (κ2) is 4.51. The smallest absolute Gasteiger partial charge is 0.110 e. The standard InChI is InChI=1S/C11H14N2S/c14-11(10-5-4-6-12-9-10)13-7-2-1-3-8-13/h4-6,9H,1-3,7-8H2. The molecule has 2 heterocycles. The molecule has 2 nitrogen and oxygen atoms in total. The van der Waals surface area contributed by atoms with Crippen LogP contribution in [0.25, 0.3) is 0 Å². The van der Waals surface area contributed by atoms with E-state index >= 15 is 0 Å². The van der Waals surface area contributed by atoms with Gasteiger partial charge in [-0.15, -0.1) is 0 Å². The van der Waals surface area contributed by atoms with Crippen molar-refractivity contribution in [1.29, 1.82) is 0 Å². The Labute approximate surface area is 90.0 Å². The minimum absolute atomic E-state index is 0.956. The molecule has 14 heavy (non-hydrogen) atoms. The summed E-state index contributed by atoms with van der Waals surface area (Å²) in [6, 6.07) is 3.97. The van der Waals surface area contributed by atoms with Crippen LogP contribution in [0.3, 0.4) is 0 Å². The first-order valence-corrected chi connectivity index (χ1v) is 5.48. The topological polar surface area (TPSA) is 16.1 Å². The van der Waals surface area contributed by atoms with Crippen molar-refractivity contribution in [1.82, 2.24) is 9.88 Å². The summed E-state index contributed by atoms with van der Waals surface area (Å²) in [5, 5.41) is 0. The molecule has 1 aromatic heterocycles. The number of pyridine rings is 1. The number of nitrogens with zero attached hydrogens (tertiary/aromatic N) is 2. The zero-order chi connectivity index (χ0) is 9.80. The minimum Gasteiger partial charge on any atom is -0.362 e. The molecule has 0 aliphatic carbocycles. The van der Waals surface area contributed by atoms with Crippen molar-refractivity contribution in [3.05, 3.63) is 30.1 Å². The van der Waals surface area contributed by atoms with Gasteiger partial charge in [-0.05, 0) is 31.4 Å². The normalized spacial score (nSPS) is 16.7. The molecule has 0 unspecified atom stereocenters. The number of rotatable bonds is 1. The molecule has 74 valence electrons. The first kappa shape index (κ1) is 9.59. The second-order valence-corrected chi connectivity index (χ2v) is 3.98. The van der Waals surface area contributed by atoms with E-state index in [0.29, 0.717) is 0 Å². The fourth-order valence-electron chi connectivity index (χ4n) is 1.77. The lowest BCUT2D eigenvalue weighted by Crippen LogP contribution is -2.34. The second-order valence-electron chi connectivity index (χ2n) is 3.59. The predicted octanol–water partition coefficient (Wildman–Crippen LogP) is 2.24. The van der Waals surface area contributed by atoms with Gasteiger partial charge < -0.3 is 4.90 Å². The maximum Gasteiger partial charge on any atom is 0.110 e. The molecule has 0 aromatic carbocycles. The van der Waals surface area contributed by atoms with Crippen LogP contribution in [-0.2, 0) is 0 Å². The molecule has 0 N–H and O–H groups in total. The van der Waals surface area contributed by atoms with Crippen molar-refractivity contribution >= 4 is 17.2 Å². The Balaban J connectivity index is 2.07. The van der Waals surface area contributed by atoms with Crippen LogP contribution >= 0.6 is 12.2 Å². The Morgan fingerprint density at radius 2 is 2.07 bits per heavy atom. The van der Waals surface area contributed by atoms with Crippen molar-refractivity contribution < 1.29 is 0 Å². The van der Waals surface area contributed by atoms with Crippen LogP contribution in [0.2, 0.25) is 0 Å². The molecule has 2 rings (SSSR count). The monoisotopic (exact) mass is 206 g/mol. The van der Waals surface area contributed by atoms with Crippen molar-refractivity contribution in [2.45, 2.75) is 19.3 Å². The third-order valence-electron chi connectivity index (χ3n) is 2.55. The highest BCUT2D eigenvalue weighted by Gasteiger charge is 2.14. The SMILES string of the molecule is S=C(c1cccnc1)N1CCCCC1. The van der Waals surface area contributed by atoms with Gasteiger partial charge in [0.15, 0.2) is 0 Å². The van der Waals surface area contributed by atoms with E-state index in [4.69, 9.17) is 12.2 Å². The number of thiocarbonyl (C=S) groups is 1. The van der Waals surface area contributed by atoms with E-state index in [1.807, 2.05) is 18.3 Å². The van der Waals surface area contributed by atoms with Crippen molar-refractivity contribution in [3.63, 3.8) is 0 Å². The summed E-state index contributed by atoms with van der Waals surface area (Å²) in [5.74, 6) is 0. The summed E-state index contributed by atoms with van der Waals surface area (Å²) in [4.78, 5) is 7.33. The molecule has 0 atom stereocenters. The van der Waals surface area contributed by atoms with Gasteiger partial charge in [0, 0.05) is 31.0 Å². The summed E-state index contributed by atoms with van der Waals surface area (Å²) in [5.41, 5.74) is 1.07. The Morgan fingerprint density at radius 3 is 2.71 bits per heavy atom. The van der Waals surface area contributed by atoms with E-state index in [0.717, 1.165) is 23.6 Å². The van der Waals surface area contributed by atoms with Gasteiger partial charge in [-0.1, -0.05) is 12.2 Å². The van der Waals surface area contributed by atoms with Crippen LogP contribution in [-0.4, -0.2) is 28.0 Å². The van der Waals surface area contributed by atoms with Crippen LogP contribution in [0, 0.1) is 0 Å². The van der Waals surface area contributed by atoms with Gasteiger partial charge in [0.05, 0.1) is 0 Å². The number of likely N-dealkylation sites (tertiary alicyclic amines) is 1. The Morgan fingerprint density at radius 1 is 1.29 bits per heavy atom. The van der Waals surface area contributed by atoms with Crippen LogP contribution in [0.5, 0.6) is 0 Å². The van der Waals surface area contributed by atoms with E-state index in [9.17, 15) is 0 Å². The largest absolute Gasteiger partial charge is 0.362 e. The first-order chi connectivity index (χ1) is 6.88. The fraction of sp³-hybridized carbons (Fsp3) is 0.455. The van der Waals surface area contributed by atoms with Gasteiger partial charge in [0.25, 0.3) is 0 Å². The Kier molecular flexibility index (Phi) is 3.09. The molecule has 1 saturated heterocycles. The molecular formula is C11H14N2S. The highest BCUT2D eigenvalue weighted by molar-refractivity contribution is 7.80. The van der Waals surface area contributed by atoms with Gasteiger partial charge in [-0.25, -0.2) is 0 Å². The molecule has 1 aliphatic rings. The van der Waals surface area contributed by atoms with Crippen LogP contribution in [0.1, 0.15) is 24.8 Å². The van der Waals surface area contributed by atoms with Crippen LogP contribution in [0.15, 0.2) is 24.5 Å². The minimum atomic E-state index is 0.956. The van der Waals surface area contributed by atoms with E-state index in [1.54, 1.807) is 6.20 Å². The van der Waals surface area contributed by atoms with Crippen molar-refractivity contribution in [3.8, 4) is 0 Å². The van der Waals surface area contributed by atoms with E-state index in [2.05, 4.69) is 9.88 Å². The Bertz CT molecular complexity index is 304. The summed E-state index contributed by atoms with van der Waals surface area (Å²) in [6.45, 7) is 2.21. The molecular weight excluding hydrogens is 192 g/mol. The Hall–Kier alpha value is -0.960. The zero-order valence-electron chi connectivity index (χ0n) is 8.15. The van der Waals surface area contributed by atoms with Crippen LogP contribution in [0.4, 0.5) is 0 Å². The summed E-state index contributed by atoms with van der Waals surface area (Å²) < 4.78 is 0. The average molecular weight is 206 g/mol. The molecule has 0 amide bonds. The molecule has 1 aromatic rings. The molecule has 3 heteroatoms. The van der Waals surface area contributed by atoms with E-state index in [-0.39, 0.29) is 0 Å². The average Bonchev–Trinajstić information content (AvgIpc) is 2.30. The molecule has 0 radical (unpaired) electrons. The fourth-order valence-corrected chi connectivity index (χ4v) is 2.07. The number of piperidine rings is 1. The quantitative estimate of drug-likeness (QED) is 0.656. The van der Waals surface area contributed by atoms with Gasteiger partial charge in [-0.3, -0.25) is 4.98 Å². The van der Waals surface area contributed by atoms with E-state index in [1.165, 1.54) is 19.3 Å². The lowest BCUT2D eigenvalue weighted by Gasteiger charge is -2.28. The van der Waals surface area contributed by atoms with Crippen LogP contribution < -0.4 is 0 Å². The number of hydrogen-bond donors (Lipinski definition) is 0. The number of aromatic nitrogens is 1. The lowest BCUT2D eigenvalue weighted by molar-refractivity contribution is 0.347. The molecule has 1 fully saturated rings. The maximum atomic E-state index is 5.43.